The van der Waals surface area contributed by atoms with Crippen LogP contribution >= 0.6 is 0 Å². The van der Waals surface area contributed by atoms with Gasteiger partial charge in [0, 0.05) is 48.4 Å². The molecule has 1 N–H and O–H groups in total. The second-order valence-electron chi connectivity index (χ2n) is 7.26. The molecule has 1 unspecified atom stereocenters. The molecule has 0 bridgehead atoms. The number of Topliss-reactive ketones (excluding diaryl/α,β-unsaturated/α-hetero) is 2. The van der Waals surface area contributed by atoms with Gasteiger partial charge in [0.05, 0.1) is 13.0 Å². The summed E-state index contributed by atoms with van der Waals surface area (Å²) in [6, 6.07) is 0.371. The lowest BCUT2D eigenvalue weighted by Gasteiger charge is -2.28. The minimum atomic E-state index is -1.10. The summed E-state index contributed by atoms with van der Waals surface area (Å²) in [7, 11) is 2.63. The van der Waals surface area contributed by atoms with Crippen molar-refractivity contribution in [1.82, 2.24) is 4.98 Å². The van der Waals surface area contributed by atoms with E-state index in [2.05, 4.69) is 4.98 Å². The monoisotopic (exact) mass is 412 g/mol. The quantitative estimate of drug-likeness (QED) is 0.130. The van der Waals surface area contributed by atoms with Crippen LogP contribution < -0.4 is 0 Å². The van der Waals surface area contributed by atoms with E-state index in [4.69, 9.17) is 14.2 Å². The lowest BCUT2D eigenvalue weighted by Crippen LogP contribution is -2.42. The van der Waals surface area contributed by atoms with E-state index in [9.17, 15) is 24.5 Å². The molecule has 0 aliphatic rings. The lowest BCUT2D eigenvalue weighted by molar-refractivity contribution is -0.540. The van der Waals surface area contributed by atoms with Crippen LogP contribution in [0.1, 0.15) is 49.7 Å². The number of hydrogen-bond donors (Lipinski definition) is 1. The van der Waals surface area contributed by atoms with Crippen molar-refractivity contribution in [3.8, 4) is 0 Å². The molecule has 0 amide bonds. The second kappa shape index (κ2) is 10.8. The summed E-state index contributed by atoms with van der Waals surface area (Å²) in [5.41, 5.74) is -0.312. The number of nitrogens with one attached hydrogen (secondary N) is 1. The minimum absolute atomic E-state index is 0.0232. The van der Waals surface area contributed by atoms with E-state index < -0.39 is 46.6 Å². The predicted octanol–water partition coefficient (Wildman–Crippen LogP) is 1.94. The minimum Gasteiger partial charge on any atom is -0.466 e. The zero-order chi connectivity index (χ0) is 22.2. The summed E-state index contributed by atoms with van der Waals surface area (Å²) in [5, 5.41) is 11.7. The Labute approximate surface area is 169 Å². The van der Waals surface area contributed by atoms with Crippen molar-refractivity contribution in [3.05, 3.63) is 33.6 Å². The fourth-order valence-electron chi connectivity index (χ4n) is 3.02. The molecule has 0 fully saturated rings. The number of hydrogen-bond acceptors (Lipinski definition) is 8. The number of H-pyrrole nitrogens is 1. The van der Waals surface area contributed by atoms with Gasteiger partial charge in [-0.1, -0.05) is 13.8 Å². The molecule has 0 aliphatic carbocycles. The maximum Gasteiger partial charge on any atom is 0.313 e. The Bertz CT molecular complexity index is 736. The van der Waals surface area contributed by atoms with Crippen molar-refractivity contribution in [2.24, 2.45) is 5.41 Å². The Hall–Kier alpha value is -2.59. The van der Waals surface area contributed by atoms with Crippen molar-refractivity contribution >= 4 is 17.5 Å². The van der Waals surface area contributed by atoms with E-state index in [0.29, 0.717) is 5.69 Å². The average molecular weight is 412 g/mol. The molecule has 10 nitrogen and oxygen atoms in total. The zero-order valence-corrected chi connectivity index (χ0v) is 17.4. The number of carbonyl (C=O) groups is 3. The number of carbonyl (C=O) groups excluding carboxylic acids is 3. The van der Waals surface area contributed by atoms with Crippen molar-refractivity contribution in [3.63, 3.8) is 0 Å². The summed E-state index contributed by atoms with van der Waals surface area (Å²) >= 11 is 0. The van der Waals surface area contributed by atoms with Crippen LogP contribution in [0.2, 0.25) is 0 Å². The highest BCUT2D eigenvalue weighted by atomic mass is 16.7. The topological polar surface area (TPSA) is 138 Å². The van der Waals surface area contributed by atoms with Gasteiger partial charge < -0.3 is 19.2 Å². The van der Waals surface area contributed by atoms with E-state index in [-0.39, 0.29) is 25.0 Å². The molecule has 162 valence electrons. The molecule has 0 spiro atoms. The molecular formula is C19H28N2O8. The van der Waals surface area contributed by atoms with Crippen LogP contribution in [0.4, 0.5) is 0 Å². The summed E-state index contributed by atoms with van der Waals surface area (Å²) in [6.07, 6.45) is -0.235. The van der Waals surface area contributed by atoms with Crippen molar-refractivity contribution in [2.75, 3.05) is 20.8 Å². The number of rotatable bonds is 13. The molecule has 1 aromatic heterocycles. The van der Waals surface area contributed by atoms with Gasteiger partial charge in [-0.3, -0.25) is 24.5 Å². The number of nitro groups is 1. The molecule has 0 radical (unpaired) electrons. The van der Waals surface area contributed by atoms with E-state index in [1.54, 1.807) is 20.8 Å². The van der Waals surface area contributed by atoms with Gasteiger partial charge in [-0.05, 0) is 13.0 Å². The summed E-state index contributed by atoms with van der Waals surface area (Å²) < 4.78 is 14.6. The van der Waals surface area contributed by atoms with Gasteiger partial charge in [-0.25, -0.2) is 0 Å². The molecule has 1 heterocycles. The van der Waals surface area contributed by atoms with Gasteiger partial charge >= 0.3 is 5.97 Å². The Kier molecular flexibility index (Phi) is 9.12. The Morgan fingerprint density at radius 1 is 1.24 bits per heavy atom. The van der Waals surface area contributed by atoms with Crippen LogP contribution in [-0.4, -0.2) is 60.6 Å². The van der Waals surface area contributed by atoms with Gasteiger partial charge in [0.25, 0.3) is 0 Å². The smallest absolute Gasteiger partial charge is 0.313 e. The molecule has 10 heteroatoms. The van der Waals surface area contributed by atoms with Crippen LogP contribution in [0.3, 0.4) is 0 Å². The molecule has 0 aromatic carbocycles. The molecular weight excluding hydrogens is 384 g/mol. The fourth-order valence-corrected chi connectivity index (χ4v) is 3.02. The fraction of sp³-hybridized carbons (Fsp3) is 0.632. The van der Waals surface area contributed by atoms with Crippen LogP contribution in [-0.2, 0) is 30.2 Å². The molecule has 29 heavy (non-hydrogen) atoms. The first-order valence-corrected chi connectivity index (χ1v) is 9.13. The highest BCUT2D eigenvalue weighted by Crippen LogP contribution is 2.31. The van der Waals surface area contributed by atoms with E-state index in [1.165, 1.54) is 26.5 Å². The number of aromatic nitrogens is 1. The van der Waals surface area contributed by atoms with E-state index in [0.717, 1.165) is 0 Å². The standard InChI is InChI=1S/C19H28N2O8/c1-6-29-17(24)9-14(22)12-7-13(20-11-12)8-16(21(25)26)19(2,3)10-15(23)18(27-4)28-5/h7,11,16,18,20H,6,8-10H2,1-5H3. The van der Waals surface area contributed by atoms with Gasteiger partial charge in [-0.15, -0.1) is 0 Å². The molecule has 0 saturated carbocycles. The number of nitrogens with zero attached hydrogens (tertiary/aromatic N) is 1. The highest BCUT2D eigenvalue weighted by molar-refractivity contribution is 6.05. The molecule has 0 saturated heterocycles. The third-order valence-electron chi connectivity index (χ3n) is 4.57. The van der Waals surface area contributed by atoms with Crippen LogP contribution in [0.25, 0.3) is 0 Å². The van der Waals surface area contributed by atoms with Crippen molar-refractivity contribution in [1.29, 1.82) is 0 Å². The van der Waals surface area contributed by atoms with Crippen LogP contribution in [0, 0.1) is 15.5 Å². The summed E-state index contributed by atoms with van der Waals surface area (Å²) in [5.74, 6) is -1.47. The first kappa shape index (κ1) is 24.4. The van der Waals surface area contributed by atoms with Gasteiger partial charge in [0.15, 0.2) is 11.6 Å². The van der Waals surface area contributed by atoms with Gasteiger partial charge in [0.2, 0.25) is 12.3 Å². The lowest BCUT2D eigenvalue weighted by atomic mass is 9.78. The number of ether oxygens (including phenoxy) is 3. The molecule has 0 aliphatic heterocycles. The Morgan fingerprint density at radius 3 is 2.38 bits per heavy atom. The first-order chi connectivity index (χ1) is 13.5. The Balaban J connectivity index is 2.90. The number of esters is 1. The van der Waals surface area contributed by atoms with E-state index >= 15 is 0 Å². The predicted molar refractivity (Wildman–Crippen MR) is 102 cm³/mol. The molecule has 1 aromatic rings. The maximum absolute atomic E-state index is 12.3. The van der Waals surface area contributed by atoms with E-state index in [1.807, 2.05) is 0 Å². The largest absolute Gasteiger partial charge is 0.466 e. The van der Waals surface area contributed by atoms with Gasteiger partial charge in [0.1, 0.15) is 6.42 Å². The average Bonchev–Trinajstić information content (AvgIpc) is 3.09. The zero-order valence-electron chi connectivity index (χ0n) is 17.4. The summed E-state index contributed by atoms with van der Waals surface area (Å²) in [6.45, 7) is 5.06. The third kappa shape index (κ3) is 7.06. The highest BCUT2D eigenvalue weighted by Gasteiger charge is 2.42. The molecule has 1 atom stereocenters. The number of ketones is 2. The normalized spacial score (nSPS) is 12.6. The summed E-state index contributed by atoms with van der Waals surface area (Å²) in [4.78, 5) is 49.9. The maximum atomic E-state index is 12.3. The Morgan fingerprint density at radius 2 is 1.86 bits per heavy atom. The van der Waals surface area contributed by atoms with Gasteiger partial charge in [-0.2, -0.15) is 0 Å². The number of methoxy groups -OCH3 is 2. The second-order valence-corrected chi connectivity index (χ2v) is 7.26. The first-order valence-electron chi connectivity index (χ1n) is 9.13. The van der Waals surface area contributed by atoms with Crippen LogP contribution in [0.5, 0.6) is 0 Å². The SMILES string of the molecule is CCOC(=O)CC(=O)c1c[nH]c(CC([N+](=O)[O-])C(C)(C)CC(=O)C(OC)OC)c1. The number of aromatic amines is 1. The van der Waals surface area contributed by atoms with Crippen LogP contribution in [0.15, 0.2) is 12.3 Å². The van der Waals surface area contributed by atoms with Crippen molar-refractivity contribution < 1.29 is 33.5 Å². The van der Waals surface area contributed by atoms with Crippen molar-refractivity contribution in [2.45, 2.75) is 52.4 Å². The molecule has 1 rings (SSSR count). The third-order valence-corrected chi connectivity index (χ3v) is 4.57.